The first-order chi connectivity index (χ1) is 11.5. The fraction of sp³-hybridized carbons (Fsp3) is 0.235. The number of phenolic OH excluding ortho intramolecular Hbond substituents is 1. The number of benzene rings is 1. The van der Waals surface area contributed by atoms with Crippen molar-refractivity contribution in [2.45, 2.75) is 20.4 Å². The van der Waals surface area contributed by atoms with E-state index in [0.717, 1.165) is 16.7 Å². The van der Waals surface area contributed by atoms with Crippen molar-refractivity contribution >= 4 is 17.3 Å². The standard InChI is InChI=1S/C17H18N4O3/c1-10-4-5-12(6-14(10)22)7-18-16-15-11(2)13(17(23)24-3)8-21(15)20-9-19-16/h4-6,8-9,22H,7H2,1-3H3,(H,18,19,20). The molecule has 3 aromatic rings. The number of rotatable bonds is 4. The molecule has 2 aromatic heterocycles. The molecule has 3 rings (SSSR count). The van der Waals surface area contributed by atoms with E-state index in [1.54, 1.807) is 16.8 Å². The second kappa shape index (κ2) is 6.19. The summed E-state index contributed by atoms with van der Waals surface area (Å²) in [6.45, 7) is 4.16. The molecule has 0 unspecified atom stereocenters. The van der Waals surface area contributed by atoms with E-state index in [-0.39, 0.29) is 5.75 Å². The molecule has 0 aliphatic heterocycles. The molecule has 0 atom stereocenters. The molecule has 1 aromatic carbocycles. The number of methoxy groups -OCH3 is 1. The van der Waals surface area contributed by atoms with E-state index in [2.05, 4.69) is 15.4 Å². The highest BCUT2D eigenvalue weighted by Crippen LogP contribution is 2.24. The molecule has 0 bridgehead atoms. The highest BCUT2D eigenvalue weighted by molar-refractivity contribution is 5.95. The van der Waals surface area contributed by atoms with Crippen molar-refractivity contribution in [1.82, 2.24) is 14.6 Å². The van der Waals surface area contributed by atoms with Crippen LogP contribution < -0.4 is 5.32 Å². The Bertz CT molecular complexity index is 918. The van der Waals surface area contributed by atoms with Crippen molar-refractivity contribution < 1.29 is 14.6 Å². The number of anilines is 1. The molecule has 2 heterocycles. The van der Waals surface area contributed by atoms with Gasteiger partial charge in [0.25, 0.3) is 0 Å². The molecule has 0 saturated heterocycles. The van der Waals surface area contributed by atoms with E-state index in [9.17, 15) is 9.90 Å². The predicted molar refractivity (Wildman–Crippen MR) is 89.2 cm³/mol. The van der Waals surface area contributed by atoms with Gasteiger partial charge in [0.05, 0.1) is 12.7 Å². The highest BCUT2D eigenvalue weighted by atomic mass is 16.5. The van der Waals surface area contributed by atoms with Crippen molar-refractivity contribution in [1.29, 1.82) is 0 Å². The first kappa shape index (κ1) is 15.8. The van der Waals surface area contributed by atoms with Crippen LogP contribution in [0.5, 0.6) is 5.75 Å². The molecule has 0 aliphatic rings. The lowest BCUT2D eigenvalue weighted by Gasteiger charge is -2.09. The van der Waals surface area contributed by atoms with Crippen LogP contribution in [0.4, 0.5) is 5.82 Å². The normalized spacial score (nSPS) is 10.8. The smallest absolute Gasteiger partial charge is 0.339 e. The maximum Gasteiger partial charge on any atom is 0.339 e. The molecule has 0 radical (unpaired) electrons. The molecule has 2 N–H and O–H groups in total. The van der Waals surface area contributed by atoms with Crippen LogP contribution in [0.2, 0.25) is 0 Å². The summed E-state index contributed by atoms with van der Waals surface area (Å²) in [6.07, 6.45) is 3.05. The van der Waals surface area contributed by atoms with Crippen LogP contribution in [0.25, 0.3) is 5.52 Å². The fourth-order valence-corrected chi connectivity index (χ4v) is 2.56. The van der Waals surface area contributed by atoms with E-state index in [1.165, 1.54) is 13.4 Å². The molecule has 24 heavy (non-hydrogen) atoms. The average molecular weight is 326 g/mol. The Morgan fingerprint density at radius 1 is 1.38 bits per heavy atom. The molecule has 7 nitrogen and oxygen atoms in total. The zero-order valence-electron chi connectivity index (χ0n) is 13.7. The second-order valence-electron chi connectivity index (χ2n) is 5.54. The van der Waals surface area contributed by atoms with E-state index in [1.807, 2.05) is 26.0 Å². The topological polar surface area (TPSA) is 88.8 Å². The molecule has 0 spiro atoms. The van der Waals surface area contributed by atoms with Crippen LogP contribution >= 0.6 is 0 Å². The number of nitrogens with one attached hydrogen (secondary N) is 1. The van der Waals surface area contributed by atoms with Gasteiger partial charge in [-0.2, -0.15) is 5.10 Å². The van der Waals surface area contributed by atoms with Crippen LogP contribution in [0.1, 0.15) is 27.0 Å². The lowest BCUT2D eigenvalue weighted by Crippen LogP contribution is -2.05. The van der Waals surface area contributed by atoms with Gasteiger partial charge in [0.1, 0.15) is 17.6 Å². The van der Waals surface area contributed by atoms with Crippen LogP contribution in [0, 0.1) is 13.8 Å². The number of phenols is 1. The van der Waals surface area contributed by atoms with Gasteiger partial charge in [-0.15, -0.1) is 0 Å². The van der Waals surface area contributed by atoms with Gasteiger partial charge in [0.15, 0.2) is 5.82 Å². The monoisotopic (exact) mass is 326 g/mol. The summed E-state index contributed by atoms with van der Waals surface area (Å²) in [5, 5.41) is 17.2. The number of aromatic hydroxyl groups is 1. The van der Waals surface area contributed by atoms with Gasteiger partial charge in [0.2, 0.25) is 0 Å². The molecule has 124 valence electrons. The number of aryl methyl sites for hydroxylation is 2. The molecule has 0 fully saturated rings. The summed E-state index contributed by atoms with van der Waals surface area (Å²) in [4.78, 5) is 16.1. The molecule has 0 saturated carbocycles. The number of esters is 1. The number of aromatic nitrogens is 3. The van der Waals surface area contributed by atoms with Crippen LogP contribution in [-0.2, 0) is 11.3 Å². The maximum absolute atomic E-state index is 11.8. The Labute approximate surface area is 138 Å². The number of fused-ring (bicyclic) bond motifs is 1. The number of carbonyl (C=O) groups is 1. The molecular weight excluding hydrogens is 308 g/mol. The summed E-state index contributed by atoms with van der Waals surface area (Å²) >= 11 is 0. The Morgan fingerprint density at radius 3 is 2.88 bits per heavy atom. The Kier molecular flexibility index (Phi) is 4.07. The number of nitrogens with zero attached hydrogens (tertiary/aromatic N) is 3. The van der Waals surface area contributed by atoms with E-state index < -0.39 is 5.97 Å². The summed E-state index contributed by atoms with van der Waals surface area (Å²) in [6, 6.07) is 5.51. The van der Waals surface area contributed by atoms with Gasteiger partial charge >= 0.3 is 5.97 Å². The SMILES string of the molecule is COC(=O)c1cn2ncnc(NCc3ccc(C)c(O)c3)c2c1C. The average Bonchev–Trinajstić information content (AvgIpc) is 2.93. The van der Waals surface area contributed by atoms with Gasteiger partial charge in [-0.1, -0.05) is 12.1 Å². The van der Waals surface area contributed by atoms with Crippen molar-refractivity contribution in [3.05, 3.63) is 53.0 Å². The largest absolute Gasteiger partial charge is 0.508 e. The molecule has 0 aliphatic carbocycles. The summed E-state index contributed by atoms with van der Waals surface area (Å²) in [5.41, 5.74) is 3.67. The minimum atomic E-state index is -0.410. The summed E-state index contributed by atoms with van der Waals surface area (Å²) in [7, 11) is 1.35. The Balaban J connectivity index is 1.93. The van der Waals surface area contributed by atoms with Gasteiger partial charge in [-0.05, 0) is 36.6 Å². The number of hydrogen-bond donors (Lipinski definition) is 2. The van der Waals surface area contributed by atoms with Gasteiger partial charge in [-0.25, -0.2) is 14.3 Å². The Morgan fingerprint density at radius 2 is 2.17 bits per heavy atom. The molecular formula is C17H18N4O3. The van der Waals surface area contributed by atoms with Crippen LogP contribution in [0.15, 0.2) is 30.7 Å². The van der Waals surface area contributed by atoms with Gasteiger partial charge in [0, 0.05) is 12.7 Å². The van der Waals surface area contributed by atoms with E-state index >= 15 is 0 Å². The number of carbonyl (C=O) groups excluding carboxylic acids is 1. The molecule has 7 heteroatoms. The van der Waals surface area contributed by atoms with E-state index in [0.29, 0.717) is 23.4 Å². The van der Waals surface area contributed by atoms with Crippen molar-refractivity contribution in [2.75, 3.05) is 12.4 Å². The highest BCUT2D eigenvalue weighted by Gasteiger charge is 2.18. The maximum atomic E-state index is 11.8. The van der Waals surface area contributed by atoms with Crippen molar-refractivity contribution in [3.8, 4) is 5.75 Å². The zero-order chi connectivity index (χ0) is 17.3. The third-order valence-corrected chi connectivity index (χ3v) is 3.97. The lowest BCUT2D eigenvalue weighted by molar-refractivity contribution is 0.0600. The van der Waals surface area contributed by atoms with Gasteiger partial charge < -0.3 is 15.2 Å². The predicted octanol–water partition coefficient (Wildman–Crippen LogP) is 2.45. The zero-order valence-corrected chi connectivity index (χ0v) is 13.7. The first-order valence-electron chi connectivity index (χ1n) is 7.45. The number of ether oxygens (including phenoxy) is 1. The quantitative estimate of drug-likeness (QED) is 0.716. The lowest BCUT2D eigenvalue weighted by atomic mass is 10.1. The van der Waals surface area contributed by atoms with Gasteiger partial charge in [-0.3, -0.25) is 0 Å². The third kappa shape index (κ3) is 2.76. The minimum Gasteiger partial charge on any atom is -0.508 e. The van der Waals surface area contributed by atoms with Crippen LogP contribution in [-0.4, -0.2) is 32.8 Å². The second-order valence-corrected chi connectivity index (χ2v) is 5.54. The van der Waals surface area contributed by atoms with Crippen LogP contribution in [0.3, 0.4) is 0 Å². The first-order valence-corrected chi connectivity index (χ1v) is 7.45. The number of hydrogen-bond acceptors (Lipinski definition) is 6. The summed E-state index contributed by atoms with van der Waals surface area (Å²) < 4.78 is 6.39. The fourth-order valence-electron chi connectivity index (χ4n) is 2.56. The van der Waals surface area contributed by atoms with Crippen molar-refractivity contribution in [3.63, 3.8) is 0 Å². The van der Waals surface area contributed by atoms with E-state index in [4.69, 9.17) is 4.74 Å². The minimum absolute atomic E-state index is 0.258. The Hall–Kier alpha value is -3.09. The van der Waals surface area contributed by atoms with Crippen molar-refractivity contribution in [2.24, 2.45) is 0 Å². The third-order valence-electron chi connectivity index (χ3n) is 3.97. The summed E-state index contributed by atoms with van der Waals surface area (Å²) in [5.74, 6) is 0.458. The molecule has 0 amide bonds.